The van der Waals surface area contributed by atoms with Crippen molar-refractivity contribution in [2.45, 2.75) is 13.0 Å². The predicted molar refractivity (Wildman–Crippen MR) is 30.8 cm³/mol. The predicted octanol–water partition coefficient (Wildman–Crippen LogP) is -1.32. The minimum absolute atomic E-state index is 0.0380. The van der Waals surface area contributed by atoms with Crippen molar-refractivity contribution in [3.8, 4) is 0 Å². The van der Waals surface area contributed by atoms with Crippen LogP contribution in [0.5, 0.6) is 0 Å². The van der Waals surface area contributed by atoms with E-state index >= 15 is 0 Å². The van der Waals surface area contributed by atoms with Gasteiger partial charge in [0, 0.05) is 0 Å². The van der Waals surface area contributed by atoms with Crippen molar-refractivity contribution >= 4 is 12.2 Å². The van der Waals surface area contributed by atoms with Crippen molar-refractivity contribution in [2.24, 2.45) is 0 Å². The van der Waals surface area contributed by atoms with Gasteiger partial charge in [0.15, 0.2) is 0 Å². The number of nitrogens with one attached hydrogen (secondary N) is 1. The molecule has 0 fully saturated rings. The smallest absolute Gasteiger partial charge is 0.248 e. The van der Waals surface area contributed by atoms with Gasteiger partial charge in [0.1, 0.15) is 12.4 Å². The van der Waals surface area contributed by atoms with E-state index in [1.54, 1.807) is 0 Å². The van der Waals surface area contributed by atoms with E-state index in [1.165, 1.54) is 6.92 Å². The van der Waals surface area contributed by atoms with Crippen LogP contribution in [0, 0.1) is 0 Å². The molecule has 2 N–H and O–H groups in total. The molecule has 0 saturated heterocycles. The van der Waals surface area contributed by atoms with Gasteiger partial charge in [0.05, 0.1) is 6.54 Å². The van der Waals surface area contributed by atoms with E-state index in [0.717, 1.165) is 0 Å². The first-order valence-electron chi connectivity index (χ1n) is 2.58. The minimum Gasteiger partial charge on any atom is -0.384 e. The van der Waals surface area contributed by atoms with Crippen LogP contribution in [0.1, 0.15) is 6.92 Å². The molecule has 52 valence electrons. The van der Waals surface area contributed by atoms with Crippen molar-refractivity contribution in [1.29, 1.82) is 0 Å². The molecule has 9 heavy (non-hydrogen) atoms. The summed E-state index contributed by atoms with van der Waals surface area (Å²) in [5.74, 6) is -0.526. The molecule has 0 aliphatic carbocycles. The average Bonchev–Trinajstić information content (AvgIpc) is 1.82. The zero-order valence-corrected chi connectivity index (χ0v) is 5.13. The van der Waals surface area contributed by atoms with E-state index in [1.807, 2.05) is 0 Å². The summed E-state index contributed by atoms with van der Waals surface area (Å²) in [6.07, 6.45) is -0.481. The monoisotopic (exact) mass is 131 g/mol. The number of aldehydes is 1. The van der Waals surface area contributed by atoms with Crippen LogP contribution in [0.25, 0.3) is 0 Å². The molecule has 0 aromatic rings. The highest BCUT2D eigenvalue weighted by Crippen LogP contribution is 1.75. The molecule has 0 spiro atoms. The third kappa shape index (κ3) is 3.66. The van der Waals surface area contributed by atoms with Gasteiger partial charge in [-0.2, -0.15) is 0 Å². The summed E-state index contributed by atoms with van der Waals surface area (Å²) in [5.41, 5.74) is 0. The Hall–Kier alpha value is -0.900. The maximum Gasteiger partial charge on any atom is 0.248 e. The molecule has 4 nitrogen and oxygen atoms in total. The number of aliphatic hydroxyl groups excluding tert-OH is 1. The molecule has 1 unspecified atom stereocenters. The van der Waals surface area contributed by atoms with E-state index < -0.39 is 12.0 Å². The van der Waals surface area contributed by atoms with E-state index in [9.17, 15) is 9.59 Å². The first-order valence-corrected chi connectivity index (χ1v) is 2.58. The molecular weight excluding hydrogens is 122 g/mol. The molecule has 0 heterocycles. The normalized spacial score (nSPS) is 12.2. The molecular formula is C5H9NO3. The third-order valence-corrected chi connectivity index (χ3v) is 0.739. The first-order chi connectivity index (χ1) is 4.18. The molecule has 0 aromatic heterocycles. The number of rotatable bonds is 3. The van der Waals surface area contributed by atoms with Crippen LogP contribution >= 0.6 is 0 Å². The van der Waals surface area contributed by atoms with Gasteiger partial charge in [0.2, 0.25) is 5.91 Å². The van der Waals surface area contributed by atoms with Gasteiger partial charge in [0.25, 0.3) is 0 Å². The Morgan fingerprint density at radius 1 is 1.89 bits per heavy atom. The maximum absolute atomic E-state index is 10.4. The van der Waals surface area contributed by atoms with Gasteiger partial charge >= 0.3 is 0 Å². The quantitative estimate of drug-likeness (QED) is 0.467. The van der Waals surface area contributed by atoms with Crippen molar-refractivity contribution in [3.05, 3.63) is 0 Å². The molecule has 4 heteroatoms. The zero-order chi connectivity index (χ0) is 7.28. The lowest BCUT2D eigenvalue weighted by Crippen LogP contribution is -2.33. The van der Waals surface area contributed by atoms with Gasteiger partial charge in [-0.05, 0) is 6.92 Å². The highest BCUT2D eigenvalue weighted by atomic mass is 16.3. The van der Waals surface area contributed by atoms with Crippen molar-refractivity contribution in [2.75, 3.05) is 6.54 Å². The summed E-state index contributed by atoms with van der Waals surface area (Å²) >= 11 is 0. The maximum atomic E-state index is 10.4. The third-order valence-electron chi connectivity index (χ3n) is 0.739. The zero-order valence-electron chi connectivity index (χ0n) is 5.13. The fraction of sp³-hybridized carbons (Fsp3) is 0.600. The van der Waals surface area contributed by atoms with Crippen LogP contribution in [-0.4, -0.2) is 29.9 Å². The largest absolute Gasteiger partial charge is 0.384 e. The Morgan fingerprint density at radius 2 is 2.44 bits per heavy atom. The summed E-state index contributed by atoms with van der Waals surface area (Å²) in [5, 5.41) is 10.7. The Bertz CT molecular complexity index is 111. The van der Waals surface area contributed by atoms with Gasteiger partial charge in [-0.3, -0.25) is 4.79 Å². The number of hydrogen-bond acceptors (Lipinski definition) is 3. The van der Waals surface area contributed by atoms with Gasteiger partial charge in [-0.15, -0.1) is 0 Å². The van der Waals surface area contributed by atoms with E-state index in [-0.39, 0.29) is 6.54 Å². The summed E-state index contributed by atoms with van der Waals surface area (Å²) in [6, 6.07) is 0. The van der Waals surface area contributed by atoms with E-state index in [2.05, 4.69) is 5.32 Å². The average molecular weight is 131 g/mol. The molecule has 0 bridgehead atoms. The SMILES string of the molecule is CC(O)C(=O)NCC=O. The van der Waals surface area contributed by atoms with E-state index in [0.29, 0.717) is 6.29 Å². The second-order valence-corrected chi connectivity index (χ2v) is 1.59. The number of carbonyl (C=O) groups excluding carboxylic acids is 2. The molecule has 1 atom stereocenters. The first kappa shape index (κ1) is 8.10. The summed E-state index contributed by atoms with van der Waals surface area (Å²) in [6.45, 7) is 1.30. The highest BCUT2D eigenvalue weighted by molar-refractivity contribution is 5.81. The number of carbonyl (C=O) groups is 2. The summed E-state index contributed by atoms with van der Waals surface area (Å²) < 4.78 is 0. The van der Waals surface area contributed by atoms with Crippen LogP contribution in [0.2, 0.25) is 0 Å². The lowest BCUT2D eigenvalue weighted by Gasteiger charge is -2.01. The molecule has 0 rings (SSSR count). The number of aliphatic hydroxyl groups is 1. The van der Waals surface area contributed by atoms with Crippen LogP contribution in [-0.2, 0) is 9.59 Å². The standard InChI is InChI=1S/C5H9NO3/c1-4(8)5(9)6-2-3-7/h3-4,8H,2H2,1H3,(H,6,9). The molecule has 0 aliphatic rings. The molecule has 0 aromatic carbocycles. The van der Waals surface area contributed by atoms with E-state index in [4.69, 9.17) is 5.11 Å². The summed E-state index contributed by atoms with van der Waals surface area (Å²) in [4.78, 5) is 20.0. The summed E-state index contributed by atoms with van der Waals surface area (Å²) in [7, 11) is 0. The minimum atomic E-state index is -1.04. The molecule has 0 saturated carbocycles. The Morgan fingerprint density at radius 3 is 2.78 bits per heavy atom. The van der Waals surface area contributed by atoms with Gasteiger partial charge in [-0.25, -0.2) is 0 Å². The van der Waals surface area contributed by atoms with Crippen molar-refractivity contribution < 1.29 is 14.7 Å². The second kappa shape index (κ2) is 4.03. The van der Waals surface area contributed by atoms with Crippen molar-refractivity contribution in [1.82, 2.24) is 5.32 Å². The van der Waals surface area contributed by atoms with Crippen LogP contribution in [0.15, 0.2) is 0 Å². The lowest BCUT2D eigenvalue weighted by molar-refractivity contribution is -0.129. The van der Waals surface area contributed by atoms with Crippen molar-refractivity contribution in [3.63, 3.8) is 0 Å². The van der Waals surface area contributed by atoms with Crippen LogP contribution in [0.4, 0.5) is 0 Å². The lowest BCUT2D eigenvalue weighted by atomic mass is 10.4. The van der Waals surface area contributed by atoms with Crippen LogP contribution < -0.4 is 5.32 Å². The topological polar surface area (TPSA) is 66.4 Å². The number of hydrogen-bond donors (Lipinski definition) is 2. The van der Waals surface area contributed by atoms with Gasteiger partial charge < -0.3 is 15.2 Å². The second-order valence-electron chi connectivity index (χ2n) is 1.59. The number of amides is 1. The highest BCUT2D eigenvalue weighted by Gasteiger charge is 2.05. The Balaban J connectivity index is 3.38. The van der Waals surface area contributed by atoms with Crippen LogP contribution in [0.3, 0.4) is 0 Å². The Kier molecular flexibility index (Phi) is 3.62. The van der Waals surface area contributed by atoms with Gasteiger partial charge in [-0.1, -0.05) is 0 Å². The Labute approximate surface area is 52.9 Å². The molecule has 0 radical (unpaired) electrons. The molecule has 0 aliphatic heterocycles. The fourth-order valence-corrected chi connectivity index (χ4v) is 0.290. The fourth-order valence-electron chi connectivity index (χ4n) is 0.290. The molecule has 1 amide bonds.